The van der Waals surface area contributed by atoms with Crippen LogP contribution in [0.1, 0.15) is 53.4 Å². The summed E-state index contributed by atoms with van der Waals surface area (Å²) in [5.74, 6) is -0.247. The highest BCUT2D eigenvalue weighted by Crippen LogP contribution is 2.61. The predicted octanol–water partition coefficient (Wildman–Crippen LogP) is 3.24. The molecular formula is C15H27NO2S. The monoisotopic (exact) mass is 285 g/mol. The average molecular weight is 285 g/mol. The van der Waals surface area contributed by atoms with Crippen LogP contribution in [0.25, 0.3) is 0 Å². The van der Waals surface area contributed by atoms with Gasteiger partial charge in [0.2, 0.25) is 0 Å². The maximum atomic E-state index is 5.87. The highest BCUT2D eigenvalue weighted by Gasteiger charge is 2.61. The van der Waals surface area contributed by atoms with Crippen LogP contribution in [0.15, 0.2) is 0 Å². The third-order valence-corrected chi connectivity index (χ3v) is 8.05. The van der Waals surface area contributed by atoms with Crippen LogP contribution in [0.4, 0.5) is 0 Å². The van der Waals surface area contributed by atoms with Gasteiger partial charge in [-0.25, -0.2) is 0 Å². The number of rotatable bonds is 0. The number of hydrogen-bond acceptors (Lipinski definition) is 4. The largest absolute Gasteiger partial charge is 0.348 e. The molecule has 3 nitrogen and oxygen atoms in total. The van der Waals surface area contributed by atoms with Crippen molar-refractivity contribution in [3.63, 3.8) is 0 Å². The topological polar surface area (TPSA) is 21.7 Å². The summed E-state index contributed by atoms with van der Waals surface area (Å²) >= 11 is 2.16. The molecule has 3 fully saturated rings. The summed E-state index contributed by atoms with van der Waals surface area (Å²) in [7, 11) is 2.30. The lowest BCUT2D eigenvalue weighted by Gasteiger charge is -2.47. The van der Waals surface area contributed by atoms with Crippen molar-refractivity contribution >= 4 is 11.8 Å². The molecule has 2 heterocycles. The molecule has 3 rings (SSSR count). The van der Waals surface area contributed by atoms with Crippen LogP contribution in [0, 0.1) is 0 Å². The van der Waals surface area contributed by atoms with Crippen molar-refractivity contribution in [1.29, 1.82) is 0 Å². The molecule has 2 aliphatic heterocycles. The van der Waals surface area contributed by atoms with Gasteiger partial charge in [0.15, 0.2) is 5.79 Å². The van der Waals surface area contributed by atoms with Crippen LogP contribution in [0.3, 0.4) is 0 Å². The van der Waals surface area contributed by atoms with Gasteiger partial charge in [0.1, 0.15) is 0 Å². The van der Waals surface area contributed by atoms with Crippen LogP contribution in [0.2, 0.25) is 0 Å². The summed E-state index contributed by atoms with van der Waals surface area (Å²) in [6.07, 6.45) is 4.41. The molecule has 0 radical (unpaired) electrons. The lowest BCUT2D eigenvalue weighted by Crippen LogP contribution is -2.55. The van der Waals surface area contributed by atoms with Crippen molar-refractivity contribution in [3.8, 4) is 0 Å². The van der Waals surface area contributed by atoms with Crippen LogP contribution < -0.4 is 0 Å². The number of ether oxygens (including phenoxy) is 2. The Morgan fingerprint density at radius 3 is 1.84 bits per heavy atom. The first-order chi connectivity index (χ1) is 8.73. The highest BCUT2D eigenvalue weighted by molar-refractivity contribution is 8.02. The summed E-state index contributed by atoms with van der Waals surface area (Å²) < 4.78 is 12.0. The molecule has 3 aliphatic rings. The molecule has 19 heavy (non-hydrogen) atoms. The smallest absolute Gasteiger partial charge is 0.168 e. The molecular weight excluding hydrogens is 258 g/mol. The second-order valence-electron chi connectivity index (χ2n) is 7.28. The van der Waals surface area contributed by atoms with Gasteiger partial charge in [-0.15, -0.1) is 11.8 Å². The number of nitrogens with zero attached hydrogens (tertiary/aromatic N) is 1. The Morgan fingerprint density at radius 2 is 1.42 bits per heavy atom. The van der Waals surface area contributed by atoms with Gasteiger partial charge in [0.25, 0.3) is 0 Å². The van der Waals surface area contributed by atoms with Gasteiger partial charge in [-0.2, -0.15) is 0 Å². The SMILES string of the molecule is CN1C2(CCC3(CC2)OCCO3)SC(C)(C)C1(C)C. The van der Waals surface area contributed by atoms with Crippen molar-refractivity contribution < 1.29 is 9.47 Å². The standard InChI is InChI=1S/C15H27NO2S/c1-12(2)13(3,4)19-14(16(12)5)6-8-15(9-7-14)17-10-11-18-15/h6-11H2,1-5H3. The maximum absolute atomic E-state index is 5.87. The van der Waals surface area contributed by atoms with E-state index in [0.29, 0.717) is 0 Å². The zero-order chi connectivity index (χ0) is 13.9. The van der Waals surface area contributed by atoms with Crippen LogP contribution in [-0.2, 0) is 9.47 Å². The van der Waals surface area contributed by atoms with Crippen molar-refractivity contribution in [2.75, 3.05) is 20.3 Å². The van der Waals surface area contributed by atoms with Crippen molar-refractivity contribution in [3.05, 3.63) is 0 Å². The van der Waals surface area contributed by atoms with Gasteiger partial charge >= 0.3 is 0 Å². The van der Waals surface area contributed by atoms with E-state index in [1.807, 2.05) is 0 Å². The molecule has 1 saturated carbocycles. The molecule has 0 amide bonds. The van der Waals surface area contributed by atoms with E-state index in [1.165, 1.54) is 12.8 Å². The van der Waals surface area contributed by atoms with E-state index in [2.05, 4.69) is 51.4 Å². The molecule has 2 spiro atoms. The molecule has 0 aromatic rings. The Hall–Kier alpha value is 0.230. The first kappa shape index (κ1) is 14.2. The average Bonchev–Trinajstić information content (AvgIpc) is 2.84. The van der Waals surface area contributed by atoms with Crippen LogP contribution >= 0.6 is 11.8 Å². The van der Waals surface area contributed by atoms with Gasteiger partial charge in [-0.3, -0.25) is 4.90 Å². The van der Waals surface area contributed by atoms with E-state index in [-0.39, 0.29) is 20.9 Å². The summed E-state index contributed by atoms with van der Waals surface area (Å²) in [6, 6.07) is 0. The normalized spacial score (nSPS) is 35.2. The molecule has 0 aromatic carbocycles. The first-order valence-corrected chi connectivity index (χ1v) is 8.27. The Morgan fingerprint density at radius 1 is 0.895 bits per heavy atom. The Bertz CT molecular complexity index is 364. The van der Waals surface area contributed by atoms with E-state index in [9.17, 15) is 0 Å². The van der Waals surface area contributed by atoms with Crippen molar-refractivity contribution in [2.45, 2.75) is 74.3 Å². The minimum Gasteiger partial charge on any atom is -0.348 e. The van der Waals surface area contributed by atoms with Gasteiger partial charge in [-0.05, 0) is 47.6 Å². The molecule has 0 aromatic heterocycles. The number of hydrogen-bond donors (Lipinski definition) is 0. The number of thioether (sulfide) groups is 1. The third kappa shape index (κ3) is 1.90. The summed E-state index contributed by atoms with van der Waals surface area (Å²) in [5.41, 5.74) is 0.222. The minimum atomic E-state index is -0.247. The van der Waals surface area contributed by atoms with E-state index in [4.69, 9.17) is 9.47 Å². The fraction of sp³-hybridized carbons (Fsp3) is 1.00. The lowest BCUT2D eigenvalue weighted by atomic mass is 9.83. The summed E-state index contributed by atoms with van der Waals surface area (Å²) in [4.78, 5) is 2.89. The lowest BCUT2D eigenvalue weighted by molar-refractivity contribution is -0.187. The molecule has 0 N–H and O–H groups in total. The molecule has 0 bridgehead atoms. The Balaban J connectivity index is 1.80. The van der Waals surface area contributed by atoms with Gasteiger partial charge in [0.05, 0.1) is 18.1 Å². The molecule has 4 heteroatoms. The fourth-order valence-corrected chi connectivity index (χ4v) is 5.94. The minimum absolute atomic E-state index is 0.222. The first-order valence-electron chi connectivity index (χ1n) is 7.45. The van der Waals surface area contributed by atoms with Crippen LogP contribution in [-0.4, -0.2) is 46.1 Å². The second kappa shape index (κ2) is 4.12. The molecule has 1 aliphatic carbocycles. The second-order valence-corrected chi connectivity index (χ2v) is 9.27. The third-order valence-electron chi connectivity index (χ3n) is 5.97. The molecule has 0 atom stereocenters. The maximum Gasteiger partial charge on any atom is 0.168 e. The van der Waals surface area contributed by atoms with Gasteiger partial charge in [-0.1, -0.05) is 0 Å². The summed E-state index contributed by atoms with van der Waals surface area (Å²) in [6.45, 7) is 11.1. The van der Waals surface area contributed by atoms with Gasteiger partial charge in [0, 0.05) is 23.1 Å². The zero-order valence-corrected chi connectivity index (χ0v) is 13.7. The van der Waals surface area contributed by atoms with E-state index < -0.39 is 0 Å². The Labute approximate surface area is 121 Å². The molecule has 110 valence electrons. The van der Waals surface area contributed by atoms with E-state index in [1.54, 1.807) is 0 Å². The molecule has 0 unspecified atom stereocenters. The van der Waals surface area contributed by atoms with Gasteiger partial charge < -0.3 is 9.47 Å². The van der Waals surface area contributed by atoms with Crippen molar-refractivity contribution in [1.82, 2.24) is 4.90 Å². The quantitative estimate of drug-likeness (QED) is 0.681. The van der Waals surface area contributed by atoms with Crippen molar-refractivity contribution in [2.24, 2.45) is 0 Å². The summed E-state index contributed by atoms with van der Waals surface area (Å²) in [5, 5.41) is 0. The fourth-order valence-electron chi connectivity index (χ4n) is 3.83. The zero-order valence-electron chi connectivity index (χ0n) is 12.9. The van der Waals surface area contributed by atoms with E-state index >= 15 is 0 Å². The van der Waals surface area contributed by atoms with E-state index in [0.717, 1.165) is 26.1 Å². The predicted molar refractivity (Wildman–Crippen MR) is 79.3 cm³/mol. The highest BCUT2D eigenvalue weighted by atomic mass is 32.2. The molecule has 2 saturated heterocycles. The van der Waals surface area contributed by atoms with Crippen LogP contribution in [0.5, 0.6) is 0 Å². The Kier molecular flexibility index (Phi) is 3.08.